The van der Waals surface area contributed by atoms with Gasteiger partial charge in [0.25, 0.3) is 0 Å². The molecule has 0 spiro atoms. The Morgan fingerprint density at radius 3 is 3.00 bits per heavy atom. The van der Waals surface area contributed by atoms with Crippen LogP contribution in [-0.2, 0) is 11.3 Å². The normalized spacial score (nSPS) is 12.3. The van der Waals surface area contributed by atoms with E-state index in [9.17, 15) is 4.79 Å². The number of hydrogen-bond acceptors (Lipinski definition) is 4. The van der Waals surface area contributed by atoms with E-state index in [0.717, 1.165) is 16.0 Å². The summed E-state index contributed by atoms with van der Waals surface area (Å²) < 4.78 is 0. The molecule has 19 heavy (non-hydrogen) atoms. The van der Waals surface area contributed by atoms with Crippen molar-refractivity contribution in [2.75, 3.05) is 0 Å². The van der Waals surface area contributed by atoms with Crippen LogP contribution in [0.3, 0.4) is 0 Å². The lowest BCUT2D eigenvalue weighted by Gasteiger charge is -2.16. The lowest BCUT2D eigenvalue weighted by Crippen LogP contribution is -2.23. The SMILES string of the molecule is Cc1ccncc1CNC(CC(=O)O)c1cccs1. The highest BCUT2D eigenvalue weighted by molar-refractivity contribution is 7.10. The predicted octanol–water partition coefficient (Wildman–Crippen LogP) is 2.76. The van der Waals surface area contributed by atoms with E-state index < -0.39 is 5.97 Å². The molecule has 2 rings (SSSR count). The van der Waals surface area contributed by atoms with Gasteiger partial charge in [0.15, 0.2) is 0 Å². The average Bonchev–Trinajstić information content (AvgIpc) is 2.89. The molecule has 4 nitrogen and oxygen atoms in total. The second-order valence-corrected chi connectivity index (χ2v) is 5.33. The summed E-state index contributed by atoms with van der Waals surface area (Å²) in [5.41, 5.74) is 2.25. The van der Waals surface area contributed by atoms with Crippen LogP contribution in [0.25, 0.3) is 0 Å². The standard InChI is InChI=1S/C14H16N2O2S/c1-10-4-5-15-8-11(10)9-16-12(7-14(17)18)13-3-2-6-19-13/h2-6,8,12,16H,7,9H2,1H3,(H,17,18). The van der Waals surface area contributed by atoms with Crippen LogP contribution in [0.2, 0.25) is 0 Å². The highest BCUT2D eigenvalue weighted by atomic mass is 32.1. The molecule has 5 heteroatoms. The molecular weight excluding hydrogens is 260 g/mol. The van der Waals surface area contributed by atoms with Crippen molar-refractivity contribution in [3.05, 3.63) is 52.0 Å². The number of nitrogens with one attached hydrogen (secondary N) is 1. The third-order valence-corrected chi connectivity index (χ3v) is 3.94. The number of nitrogens with zero attached hydrogens (tertiary/aromatic N) is 1. The number of pyridine rings is 1. The van der Waals surface area contributed by atoms with Gasteiger partial charge in [-0.05, 0) is 35.6 Å². The fraction of sp³-hybridized carbons (Fsp3) is 0.286. The highest BCUT2D eigenvalue weighted by Crippen LogP contribution is 2.22. The quantitative estimate of drug-likeness (QED) is 0.851. The van der Waals surface area contributed by atoms with Gasteiger partial charge in [0, 0.05) is 23.8 Å². The number of carbonyl (C=O) groups is 1. The Labute approximate surface area is 116 Å². The maximum Gasteiger partial charge on any atom is 0.305 e. The van der Waals surface area contributed by atoms with Crippen LogP contribution in [0, 0.1) is 6.92 Å². The minimum absolute atomic E-state index is 0.0832. The summed E-state index contributed by atoms with van der Waals surface area (Å²) in [5.74, 6) is -0.797. The summed E-state index contributed by atoms with van der Waals surface area (Å²) in [4.78, 5) is 16.1. The molecular formula is C14H16N2O2S. The molecule has 0 amide bonds. The molecule has 0 aliphatic rings. The zero-order valence-corrected chi connectivity index (χ0v) is 11.5. The number of aliphatic carboxylic acids is 1. The molecule has 2 N–H and O–H groups in total. The molecule has 1 unspecified atom stereocenters. The Bertz CT molecular complexity index is 540. The van der Waals surface area contributed by atoms with Gasteiger partial charge in [0.2, 0.25) is 0 Å². The molecule has 0 aliphatic carbocycles. The fourth-order valence-corrected chi connectivity index (χ4v) is 2.65. The van der Waals surface area contributed by atoms with Crippen LogP contribution in [0.1, 0.15) is 28.5 Å². The molecule has 0 aromatic carbocycles. The number of carboxylic acids is 1. The first-order chi connectivity index (χ1) is 9.16. The van der Waals surface area contributed by atoms with Crippen LogP contribution >= 0.6 is 11.3 Å². The smallest absolute Gasteiger partial charge is 0.305 e. The van der Waals surface area contributed by atoms with Gasteiger partial charge in [-0.15, -0.1) is 11.3 Å². The topological polar surface area (TPSA) is 62.2 Å². The van der Waals surface area contributed by atoms with E-state index in [0.29, 0.717) is 6.54 Å². The highest BCUT2D eigenvalue weighted by Gasteiger charge is 2.16. The minimum atomic E-state index is -0.797. The van der Waals surface area contributed by atoms with E-state index >= 15 is 0 Å². The maximum atomic E-state index is 10.9. The number of hydrogen-bond donors (Lipinski definition) is 2. The molecule has 0 saturated heterocycles. The molecule has 0 radical (unpaired) electrons. The van der Waals surface area contributed by atoms with Crippen LogP contribution in [-0.4, -0.2) is 16.1 Å². The van der Waals surface area contributed by atoms with Gasteiger partial charge < -0.3 is 10.4 Å². The van der Waals surface area contributed by atoms with Crippen molar-refractivity contribution in [3.63, 3.8) is 0 Å². The number of rotatable bonds is 6. The molecule has 0 saturated carbocycles. The Kier molecular flexibility index (Phi) is 4.65. The van der Waals surface area contributed by atoms with Crippen molar-refractivity contribution in [2.45, 2.75) is 25.9 Å². The van der Waals surface area contributed by atoms with E-state index in [1.807, 2.05) is 36.7 Å². The first-order valence-corrected chi connectivity index (χ1v) is 6.93. The summed E-state index contributed by atoms with van der Waals surface area (Å²) in [5, 5.41) is 14.2. The Hall–Kier alpha value is -1.72. The molecule has 2 aromatic rings. The third kappa shape index (κ3) is 3.87. The second kappa shape index (κ2) is 6.45. The van der Waals surface area contributed by atoms with Gasteiger partial charge in [0.1, 0.15) is 0 Å². The molecule has 0 fully saturated rings. The molecule has 2 aromatic heterocycles. The summed E-state index contributed by atoms with van der Waals surface area (Å²) in [6.45, 7) is 2.64. The first-order valence-electron chi connectivity index (χ1n) is 6.05. The van der Waals surface area contributed by atoms with Gasteiger partial charge in [-0.1, -0.05) is 6.07 Å². The van der Waals surface area contributed by atoms with Gasteiger partial charge in [-0.25, -0.2) is 0 Å². The summed E-state index contributed by atoms with van der Waals surface area (Å²) in [6.07, 6.45) is 3.65. The Morgan fingerprint density at radius 1 is 1.53 bits per heavy atom. The number of thiophene rings is 1. The van der Waals surface area contributed by atoms with Crippen molar-refractivity contribution in [3.8, 4) is 0 Å². The van der Waals surface area contributed by atoms with Gasteiger partial charge >= 0.3 is 5.97 Å². The van der Waals surface area contributed by atoms with E-state index in [1.54, 1.807) is 17.5 Å². The fourth-order valence-electron chi connectivity index (χ4n) is 1.85. The van der Waals surface area contributed by atoms with E-state index in [-0.39, 0.29) is 12.5 Å². The zero-order chi connectivity index (χ0) is 13.7. The zero-order valence-electron chi connectivity index (χ0n) is 10.7. The van der Waals surface area contributed by atoms with Crippen LogP contribution in [0.4, 0.5) is 0 Å². The monoisotopic (exact) mass is 276 g/mol. The lowest BCUT2D eigenvalue weighted by molar-refractivity contribution is -0.137. The van der Waals surface area contributed by atoms with Crippen LogP contribution in [0.5, 0.6) is 0 Å². The molecule has 0 bridgehead atoms. The lowest BCUT2D eigenvalue weighted by atomic mass is 10.1. The third-order valence-electron chi connectivity index (χ3n) is 2.95. The predicted molar refractivity (Wildman–Crippen MR) is 75.1 cm³/mol. The molecule has 0 aliphatic heterocycles. The Balaban J connectivity index is 2.05. The second-order valence-electron chi connectivity index (χ2n) is 4.35. The van der Waals surface area contributed by atoms with E-state index in [1.165, 1.54) is 0 Å². The van der Waals surface area contributed by atoms with Crippen LogP contribution < -0.4 is 5.32 Å². The van der Waals surface area contributed by atoms with Crippen molar-refractivity contribution in [1.82, 2.24) is 10.3 Å². The number of aromatic nitrogens is 1. The maximum absolute atomic E-state index is 10.9. The molecule has 1 atom stereocenters. The van der Waals surface area contributed by atoms with Crippen molar-refractivity contribution in [1.29, 1.82) is 0 Å². The summed E-state index contributed by atoms with van der Waals surface area (Å²) >= 11 is 1.57. The van der Waals surface area contributed by atoms with Gasteiger partial charge in [0.05, 0.1) is 12.5 Å². The van der Waals surface area contributed by atoms with Crippen molar-refractivity contribution >= 4 is 17.3 Å². The van der Waals surface area contributed by atoms with Crippen LogP contribution in [0.15, 0.2) is 36.0 Å². The average molecular weight is 276 g/mol. The first kappa shape index (κ1) is 13.7. The van der Waals surface area contributed by atoms with E-state index in [2.05, 4.69) is 10.3 Å². The molecule has 100 valence electrons. The van der Waals surface area contributed by atoms with Gasteiger partial charge in [-0.2, -0.15) is 0 Å². The number of aryl methyl sites for hydroxylation is 1. The molecule has 2 heterocycles. The minimum Gasteiger partial charge on any atom is -0.481 e. The summed E-state index contributed by atoms with van der Waals surface area (Å²) in [7, 11) is 0. The Morgan fingerprint density at radius 2 is 2.37 bits per heavy atom. The largest absolute Gasteiger partial charge is 0.481 e. The van der Waals surface area contributed by atoms with Crippen molar-refractivity contribution < 1.29 is 9.90 Å². The summed E-state index contributed by atoms with van der Waals surface area (Å²) in [6, 6.07) is 5.69. The van der Waals surface area contributed by atoms with Gasteiger partial charge in [-0.3, -0.25) is 9.78 Å². The van der Waals surface area contributed by atoms with E-state index in [4.69, 9.17) is 5.11 Å². The number of carboxylic acid groups (broad SMARTS) is 1. The van der Waals surface area contributed by atoms with Crippen molar-refractivity contribution in [2.24, 2.45) is 0 Å².